The number of pyridine rings is 2. The fraction of sp³-hybridized carbons (Fsp3) is 0.243. The zero-order valence-corrected chi connectivity index (χ0v) is 33.4. The number of anilines is 1. The molecule has 0 bridgehead atoms. The van der Waals surface area contributed by atoms with Crippen LogP contribution in [0.4, 0.5) is 54.0 Å². The molecule has 0 aliphatic heterocycles. The summed E-state index contributed by atoms with van der Waals surface area (Å²) in [4.78, 5) is 6.89. The molecule has 2 aromatic heterocycles. The highest BCUT2D eigenvalue weighted by Crippen LogP contribution is 2.43. The number of aryl methyl sites for hydroxylation is 2. The van der Waals surface area contributed by atoms with E-state index in [1.807, 2.05) is 12.1 Å². The second kappa shape index (κ2) is 17.7. The van der Waals surface area contributed by atoms with Crippen molar-refractivity contribution in [1.29, 1.82) is 0 Å². The monoisotopic (exact) mass is 947 g/mol. The number of sulfonamides is 2. The van der Waals surface area contributed by atoms with Crippen LogP contribution in [-0.4, -0.2) is 56.9 Å². The van der Waals surface area contributed by atoms with Gasteiger partial charge in [0.05, 0.1) is 5.69 Å². The Morgan fingerprint density at radius 2 is 1.02 bits per heavy atom. The Kier molecular flexibility index (Phi) is 13.5. The van der Waals surface area contributed by atoms with Gasteiger partial charge in [-0.1, -0.05) is 42.5 Å². The van der Waals surface area contributed by atoms with Crippen LogP contribution >= 0.6 is 0 Å². The van der Waals surface area contributed by atoms with Crippen LogP contribution < -0.4 is 7.89 Å². The van der Waals surface area contributed by atoms with E-state index in [9.17, 15) is 78.7 Å². The van der Waals surface area contributed by atoms with Gasteiger partial charge in [0.1, 0.15) is 5.75 Å². The Morgan fingerprint density at radius 3 is 1.48 bits per heavy atom. The van der Waals surface area contributed by atoms with Crippen molar-refractivity contribution in [1.82, 2.24) is 9.97 Å². The molecule has 0 atom stereocenters. The van der Waals surface area contributed by atoms with Gasteiger partial charge in [-0.3, -0.25) is 0 Å². The summed E-state index contributed by atoms with van der Waals surface area (Å²) in [6.07, 6.45) is 7.24. The van der Waals surface area contributed by atoms with Crippen LogP contribution in [0.25, 0.3) is 22.3 Å². The number of halogens is 11. The number of nitrogens with zero attached hydrogens (tertiary/aromatic N) is 3. The third kappa shape index (κ3) is 10.0. The number of aromatic nitrogens is 2. The topological polar surface area (TPSA) is 161 Å². The number of benzene rings is 3. The lowest BCUT2D eigenvalue weighted by molar-refractivity contribution is -0.0501. The molecule has 62 heavy (non-hydrogen) atoms. The summed E-state index contributed by atoms with van der Waals surface area (Å²) < 4.78 is 209. The molecule has 5 aromatic rings. The number of alkyl halides is 9. The fourth-order valence-electron chi connectivity index (χ4n) is 6.28. The molecule has 7 rings (SSSR count). The molecular formula is C37H28F11N3O8S3. The number of hydrogen-bond acceptors (Lipinski definition) is 10. The first-order valence-electron chi connectivity index (χ1n) is 17.4. The van der Waals surface area contributed by atoms with E-state index in [1.165, 1.54) is 30.0 Å². The highest BCUT2D eigenvalue weighted by atomic mass is 32.3. The van der Waals surface area contributed by atoms with E-state index < -0.39 is 73.7 Å². The Balaban J connectivity index is 0.000000178. The van der Waals surface area contributed by atoms with Crippen LogP contribution in [-0.2, 0) is 55.8 Å². The summed E-state index contributed by atoms with van der Waals surface area (Å²) >= 11 is 0. The average Bonchev–Trinajstić information content (AvgIpc) is 3.86. The normalized spacial score (nSPS) is 14.1. The second-order valence-corrected chi connectivity index (χ2v) is 18.4. The van der Waals surface area contributed by atoms with Crippen molar-refractivity contribution in [2.75, 3.05) is 3.71 Å². The van der Waals surface area contributed by atoms with E-state index in [0.717, 1.165) is 60.9 Å². The quantitative estimate of drug-likeness (QED) is 0.0723. The largest absolute Gasteiger partial charge is 0.534 e. The predicted molar refractivity (Wildman–Crippen MR) is 199 cm³/mol. The first kappa shape index (κ1) is 47.5. The summed E-state index contributed by atoms with van der Waals surface area (Å²) in [5.41, 5.74) is -14.4. The molecule has 0 unspecified atom stereocenters. The highest BCUT2D eigenvalue weighted by molar-refractivity contribution is 8.11. The number of hydrogen-bond donors (Lipinski definition) is 1. The molecular weight excluding hydrogens is 920 g/mol. The molecule has 2 heterocycles. The van der Waals surface area contributed by atoms with Crippen molar-refractivity contribution in [3.05, 3.63) is 125 Å². The summed E-state index contributed by atoms with van der Waals surface area (Å²) in [5.74, 6) is -1.46. The van der Waals surface area contributed by atoms with Crippen molar-refractivity contribution >= 4 is 35.9 Å². The van der Waals surface area contributed by atoms with Crippen molar-refractivity contribution in [2.45, 2.75) is 55.0 Å². The molecule has 334 valence electrons. The van der Waals surface area contributed by atoms with Crippen LogP contribution in [0.15, 0.2) is 91.3 Å². The number of phenols is 1. The minimum atomic E-state index is -6.81. The number of para-hydroxylation sites is 1. The maximum absolute atomic E-state index is 13.3. The van der Waals surface area contributed by atoms with E-state index in [1.54, 1.807) is 12.1 Å². The van der Waals surface area contributed by atoms with Gasteiger partial charge in [-0.2, -0.15) is 73.5 Å². The fourth-order valence-corrected chi connectivity index (χ4v) is 9.50. The standard InChI is InChI=1S/C15H11F4NO3S.C14H12FNO.C8H5F6NO4S2/c16-13-8-10(6-7-20-13)12-5-4-9-2-1-3-11(9)14(12)23-24(21,22)15(17,18)19;15-13-8-10(6-7-16-13)12-5-4-9-2-1-3-11(9)14(12)17;9-7(10,11)20(16,17)15(6-4-2-1-3-5-6)21(18,19)8(12,13)14/h4-8H,1-3H2;4-8,17H,1-3H2;1-5H. The lowest BCUT2D eigenvalue weighted by Gasteiger charge is -2.25. The average molecular weight is 948 g/mol. The van der Waals surface area contributed by atoms with Crippen LogP contribution in [0.3, 0.4) is 0 Å². The molecule has 2 aliphatic rings. The Bertz CT molecular complexity index is 2740. The zero-order chi connectivity index (χ0) is 46.1. The van der Waals surface area contributed by atoms with E-state index in [0.29, 0.717) is 53.8 Å². The molecule has 3 aromatic carbocycles. The lowest BCUT2D eigenvalue weighted by Crippen LogP contribution is -2.49. The summed E-state index contributed by atoms with van der Waals surface area (Å²) in [5, 5.41) is 10.2. The molecule has 0 radical (unpaired) electrons. The number of aromatic hydroxyl groups is 1. The minimum Gasteiger partial charge on any atom is -0.507 e. The van der Waals surface area contributed by atoms with Crippen LogP contribution in [0.1, 0.15) is 35.1 Å². The molecule has 25 heteroatoms. The van der Waals surface area contributed by atoms with E-state index >= 15 is 0 Å². The molecule has 0 spiro atoms. The maximum atomic E-state index is 13.3. The number of rotatable bonds is 7. The van der Waals surface area contributed by atoms with Crippen molar-refractivity contribution in [3.8, 4) is 33.8 Å². The highest BCUT2D eigenvalue weighted by Gasteiger charge is 2.61. The van der Waals surface area contributed by atoms with Crippen molar-refractivity contribution < 1.29 is 82.8 Å². The Morgan fingerprint density at radius 1 is 0.565 bits per heavy atom. The molecule has 0 saturated heterocycles. The van der Waals surface area contributed by atoms with Gasteiger partial charge in [0, 0.05) is 35.7 Å². The number of phenolic OH excluding ortho intramolecular Hbond substituents is 1. The first-order valence-corrected chi connectivity index (χ1v) is 21.7. The summed E-state index contributed by atoms with van der Waals surface area (Å²) in [6.45, 7) is 0. The zero-order valence-electron chi connectivity index (χ0n) is 30.9. The third-order valence-corrected chi connectivity index (χ3v) is 13.6. The van der Waals surface area contributed by atoms with E-state index in [2.05, 4.69) is 14.2 Å². The smallest absolute Gasteiger partial charge is 0.507 e. The van der Waals surface area contributed by atoms with Gasteiger partial charge in [0.25, 0.3) is 0 Å². The van der Waals surface area contributed by atoms with E-state index in [4.69, 9.17) is 0 Å². The van der Waals surface area contributed by atoms with Gasteiger partial charge in [-0.15, -0.1) is 3.71 Å². The molecule has 2 aliphatic carbocycles. The minimum absolute atomic E-state index is 0.0739. The predicted octanol–water partition coefficient (Wildman–Crippen LogP) is 8.88. The van der Waals surface area contributed by atoms with Gasteiger partial charge in [-0.25, -0.2) is 9.97 Å². The van der Waals surface area contributed by atoms with Gasteiger partial charge < -0.3 is 9.29 Å². The van der Waals surface area contributed by atoms with Crippen LogP contribution in [0.2, 0.25) is 0 Å². The molecule has 0 amide bonds. The van der Waals surface area contributed by atoms with Gasteiger partial charge in [-0.05, 0) is 96.2 Å². The van der Waals surface area contributed by atoms with Gasteiger partial charge in [0.2, 0.25) is 11.9 Å². The SMILES string of the molecule is O=S(=O)(N(c1ccccc1)S(=O)(=O)C(F)(F)F)C(F)(F)F.O=S(=O)(Oc1c(-c2ccnc(F)c2)ccc2c1CCC2)C(F)(F)F.Oc1c(-c2ccnc(F)c2)ccc2c1CCC2. The Labute approximate surface area is 345 Å². The van der Waals surface area contributed by atoms with Gasteiger partial charge in [0.15, 0.2) is 5.75 Å². The molecule has 0 saturated carbocycles. The Hall–Kier alpha value is -5.56. The third-order valence-electron chi connectivity index (χ3n) is 9.02. The van der Waals surface area contributed by atoms with Crippen LogP contribution in [0, 0.1) is 11.9 Å². The summed E-state index contributed by atoms with van der Waals surface area (Å²) in [7, 11) is -19.4. The number of fused-ring (bicyclic) bond motifs is 2. The van der Waals surface area contributed by atoms with Crippen molar-refractivity contribution in [3.63, 3.8) is 0 Å². The van der Waals surface area contributed by atoms with Gasteiger partial charge >= 0.3 is 46.7 Å². The maximum Gasteiger partial charge on any atom is 0.534 e. The van der Waals surface area contributed by atoms with Crippen molar-refractivity contribution in [2.24, 2.45) is 0 Å². The lowest BCUT2D eigenvalue weighted by atomic mass is 9.99. The molecule has 0 fully saturated rings. The van der Waals surface area contributed by atoms with Crippen LogP contribution in [0.5, 0.6) is 11.5 Å². The second-order valence-electron chi connectivity index (χ2n) is 13.0. The molecule has 1 N–H and O–H groups in total. The first-order chi connectivity index (χ1) is 28.7. The summed E-state index contributed by atoms with van der Waals surface area (Å²) in [6, 6.07) is 16.3. The van der Waals surface area contributed by atoms with E-state index in [-0.39, 0.29) is 11.1 Å². The molecule has 11 nitrogen and oxygen atoms in total.